The van der Waals surface area contributed by atoms with Crippen molar-refractivity contribution in [2.75, 3.05) is 11.9 Å². The normalized spacial score (nSPS) is 10.7. The van der Waals surface area contributed by atoms with Crippen LogP contribution in [0.15, 0.2) is 30.3 Å². The Kier molecular flexibility index (Phi) is 5.07. The minimum atomic E-state index is 0.0397. The van der Waals surface area contributed by atoms with Gasteiger partial charge in [-0.2, -0.15) is 0 Å². The quantitative estimate of drug-likeness (QED) is 0.794. The highest BCUT2D eigenvalue weighted by molar-refractivity contribution is 6.00. The fraction of sp³-hybridized carbons (Fsp3) is 0.375. The zero-order valence-electron chi connectivity index (χ0n) is 11.9. The van der Waals surface area contributed by atoms with Gasteiger partial charge >= 0.3 is 0 Å². The molecule has 0 bridgehead atoms. The van der Waals surface area contributed by atoms with Crippen LogP contribution < -0.4 is 11.1 Å². The second kappa shape index (κ2) is 7.01. The average molecular weight is 271 g/mol. The topological polar surface area (TPSA) is 68.0 Å². The molecular formula is C16H21N3O. The summed E-state index contributed by atoms with van der Waals surface area (Å²) in [5.74, 6) is 0.0397. The van der Waals surface area contributed by atoms with E-state index < -0.39 is 0 Å². The molecule has 2 rings (SSSR count). The number of nitrogens with zero attached hydrogens (tertiary/aromatic N) is 1. The Morgan fingerprint density at radius 1 is 1.20 bits per heavy atom. The van der Waals surface area contributed by atoms with Crippen LogP contribution in [-0.4, -0.2) is 17.4 Å². The van der Waals surface area contributed by atoms with Gasteiger partial charge in [0.25, 0.3) is 0 Å². The first-order valence-electron chi connectivity index (χ1n) is 7.07. The van der Waals surface area contributed by atoms with Crippen LogP contribution in [0.3, 0.4) is 0 Å². The molecule has 0 spiro atoms. The summed E-state index contributed by atoms with van der Waals surface area (Å²) >= 11 is 0. The molecular weight excluding hydrogens is 250 g/mol. The Morgan fingerprint density at radius 2 is 2.05 bits per heavy atom. The fourth-order valence-corrected chi connectivity index (χ4v) is 2.16. The molecule has 0 saturated carbocycles. The summed E-state index contributed by atoms with van der Waals surface area (Å²) in [7, 11) is 0. The minimum Gasteiger partial charge on any atom is -0.330 e. The number of hydrogen-bond donors (Lipinski definition) is 2. The molecule has 2 aromatic rings. The lowest BCUT2D eigenvalue weighted by molar-refractivity contribution is -0.116. The predicted octanol–water partition coefficient (Wildman–Crippen LogP) is 3.00. The molecule has 4 heteroatoms. The third-order valence-corrected chi connectivity index (χ3v) is 3.24. The van der Waals surface area contributed by atoms with Crippen LogP contribution in [0.1, 0.15) is 31.4 Å². The summed E-state index contributed by atoms with van der Waals surface area (Å²) in [6, 6.07) is 9.82. The third kappa shape index (κ3) is 3.78. The molecule has 1 amide bonds. The number of amides is 1. The third-order valence-electron chi connectivity index (χ3n) is 3.24. The lowest BCUT2D eigenvalue weighted by Gasteiger charge is -2.08. The summed E-state index contributed by atoms with van der Waals surface area (Å²) in [5, 5.41) is 3.99. The van der Waals surface area contributed by atoms with Crippen LogP contribution in [0.4, 0.5) is 5.69 Å². The van der Waals surface area contributed by atoms with Crippen molar-refractivity contribution >= 4 is 22.5 Å². The van der Waals surface area contributed by atoms with Gasteiger partial charge in [0.2, 0.25) is 5.91 Å². The Labute approximate surface area is 119 Å². The maximum Gasteiger partial charge on any atom is 0.224 e. The van der Waals surface area contributed by atoms with Crippen molar-refractivity contribution in [1.29, 1.82) is 0 Å². The first-order chi connectivity index (χ1) is 9.70. The standard InChI is InChI=1S/C16H21N3O/c1-12-9-10-13-6-5-7-14(16(13)18-12)19-15(20)8-3-2-4-11-17/h5-7,9-10H,2-4,8,11,17H2,1H3,(H,19,20). The largest absolute Gasteiger partial charge is 0.330 e. The van der Waals surface area contributed by atoms with Crippen molar-refractivity contribution in [1.82, 2.24) is 4.98 Å². The van der Waals surface area contributed by atoms with E-state index in [1.807, 2.05) is 37.3 Å². The zero-order valence-corrected chi connectivity index (χ0v) is 11.9. The van der Waals surface area contributed by atoms with Crippen molar-refractivity contribution in [2.45, 2.75) is 32.6 Å². The first-order valence-corrected chi connectivity index (χ1v) is 7.07. The zero-order chi connectivity index (χ0) is 14.4. The SMILES string of the molecule is Cc1ccc2cccc(NC(=O)CCCCCN)c2n1. The molecule has 3 N–H and O–H groups in total. The van der Waals surface area contributed by atoms with Crippen molar-refractivity contribution in [3.63, 3.8) is 0 Å². The number of carbonyl (C=O) groups excluding carboxylic acids is 1. The number of rotatable bonds is 6. The second-order valence-corrected chi connectivity index (χ2v) is 4.98. The Hall–Kier alpha value is -1.94. The number of para-hydroxylation sites is 1. The number of nitrogens with two attached hydrogens (primary N) is 1. The molecule has 0 aliphatic rings. The van der Waals surface area contributed by atoms with E-state index in [1.165, 1.54) is 0 Å². The number of pyridine rings is 1. The maximum atomic E-state index is 11.9. The van der Waals surface area contributed by atoms with Gasteiger partial charge < -0.3 is 11.1 Å². The summed E-state index contributed by atoms with van der Waals surface area (Å²) in [6.45, 7) is 2.64. The van der Waals surface area contributed by atoms with Crippen LogP contribution >= 0.6 is 0 Å². The monoisotopic (exact) mass is 271 g/mol. The average Bonchev–Trinajstić information content (AvgIpc) is 2.44. The highest BCUT2D eigenvalue weighted by atomic mass is 16.1. The highest BCUT2D eigenvalue weighted by Crippen LogP contribution is 2.22. The van der Waals surface area contributed by atoms with E-state index in [2.05, 4.69) is 10.3 Å². The molecule has 0 fully saturated rings. The molecule has 0 atom stereocenters. The van der Waals surface area contributed by atoms with Gasteiger partial charge in [-0.15, -0.1) is 0 Å². The predicted molar refractivity (Wildman–Crippen MR) is 82.6 cm³/mol. The molecule has 1 aromatic heterocycles. The van der Waals surface area contributed by atoms with Crippen LogP contribution in [-0.2, 0) is 4.79 Å². The molecule has 20 heavy (non-hydrogen) atoms. The molecule has 0 aliphatic heterocycles. The van der Waals surface area contributed by atoms with Crippen molar-refractivity contribution < 1.29 is 4.79 Å². The molecule has 0 aliphatic carbocycles. The minimum absolute atomic E-state index is 0.0397. The number of carbonyl (C=O) groups is 1. The van der Waals surface area contributed by atoms with Gasteiger partial charge in [0.1, 0.15) is 0 Å². The number of nitrogens with one attached hydrogen (secondary N) is 1. The van der Waals surface area contributed by atoms with Gasteiger partial charge in [0.05, 0.1) is 11.2 Å². The van der Waals surface area contributed by atoms with E-state index in [1.54, 1.807) is 0 Å². The van der Waals surface area contributed by atoms with Gasteiger partial charge in [0, 0.05) is 17.5 Å². The number of anilines is 1. The number of hydrogen-bond acceptors (Lipinski definition) is 3. The number of fused-ring (bicyclic) bond motifs is 1. The van der Waals surface area contributed by atoms with Crippen molar-refractivity contribution in [2.24, 2.45) is 5.73 Å². The Bertz CT molecular complexity index is 595. The summed E-state index contributed by atoms with van der Waals surface area (Å²) in [4.78, 5) is 16.4. The van der Waals surface area contributed by atoms with Gasteiger partial charge in [-0.3, -0.25) is 9.78 Å². The van der Waals surface area contributed by atoms with Crippen LogP contribution in [0, 0.1) is 6.92 Å². The van der Waals surface area contributed by atoms with E-state index in [0.717, 1.165) is 41.5 Å². The maximum absolute atomic E-state index is 11.9. The van der Waals surface area contributed by atoms with E-state index in [-0.39, 0.29) is 5.91 Å². The Balaban J connectivity index is 2.05. The van der Waals surface area contributed by atoms with Crippen molar-refractivity contribution in [3.8, 4) is 0 Å². The van der Waals surface area contributed by atoms with Gasteiger partial charge in [-0.05, 0) is 38.4 Å². The van der Waals surface area contributed by atoms with E-state index in [0.29, 0.717) is 13.0 Å². The van der Waals surface area contributed by atoms with Gasteiger partial charge in [-0.25, -0.2) is 0 Å². The van der Waals surface area contributed by atoms with E-state index in [9.17, 15) is 4.79 Å². The summed E-state index contributed by atoms with van der Waals surface area (Å²) in [5.41, 5.74) is 8.02. The lowest BCUT2D eigenvalue weighted by Crippen LogP contribution is -2.12. The number of aryl methyl sites for hydroxylation is 1. The van der Waals surface area contributed by atoms with Crippen LogP contribution in [0.25, 0.3) is 10.9 Å². The molecule has 0 saturated heterocycles. The number of unbranched alkanes of at least 4 members (excludes halogenated alkanes) is 2. The van der Waals surface area contributed by atoms with E-state index in [4.69, 9.17) is 5.73 Å². The molecule has 1 heterocycles. The van der Waals surface area contributed by atoms with Crippen LogP contribution in [0.5, 0.6) is 0 Å². The molecule has 1 aromatic carbocycles. The molecule has 0 radical (unpaired) electrons. The molecule has 106 valence electrons. The Morgan fingerprint density at radius 3 is 2.85 bits per heavy atom. The number of aromatic nitrogens is 1. The smallest absolute Gasteiger partial charge is 0.224 e. The molecule has 0 unspecified atom stereocenters. The summed E-state index contributed by atoms with van der Waals surface area (Å²) in [6.07, 6.45) is 3.38. The fourth-order valence-electron chi connectivity index (χ4n) is 2.16. The van der Waals surface area contributed by atoms with Gasteiger partial charge in [-0.1, -0.05) is 24.6 Å². The van der Waals surface area contributed by atoms with Gasteiger partial charge in [0.15, 0.2) is 0 Å². The number of benzene rings is 1. The van der Waals surface area contributed by atoms with E-state index >= 15 is 0 Å². The lowest BCUT2D eigenvalue weighted by atomic mass is 10.1. The van der Waals surface area contributed by atoms with Crippen LogP contribution in [0.2, 0.25) is 0 Å². The molecule has 4 nitrogen and oxygen atoms in total. The first kappa shape index (κ1) is 14.5. The highest BCUT2D eigenvalue weighted by Gasteiger charge is 2.06. The second-order valence-electron chi connectivity index (χ2n) is 4.98. The van der Waals surface area contributed by atoms with Crippen molar-refractivity contribution in [3.05, 3.63) is 36.0 Å². The summed E-state index contributed by atoms with van der Waals surface area (Å²) < 4.78 is 0.